The molecule has 0 aromatic rings. The maximum atomic E-state index is 12.0. The van der Waals surface area contributed by atoms with E-state index in [9.17, 15) is 4.79 Å². The van der Waals surface area contributed by atoms with Gasteiger partial charge in [-0.2, -0.15) is 0 Å². The van der Waals surface area contributed by atoms with Crippen molar-refractivity contribution in [3.8, 4) is 0 Å². The fourth-order valence-electron chi connectivity index (χ4n) is 2.71. The number of guanidine groups is 1. The fourth-order valence-corrected chi connectivity index (χ4v) is 2.71. The third kappa shape index (κ3) is 12.6. The van der Waals surface area contributed by atoms with Gasteiger partial charge in [0.25, 0.3) is 0 Å². The number of carbonyl (C=O) groups excluding carboxylic acids is 1. The minimum Gasteiger partial charge on any atom is -0.444 e. The van der Waals surface area contributed by atoms with Crippen LogP contribution in [0.3, 0.4) is 0 Å². The van der Waals surface area contributed by atoms with Gasteiger partial charge in [-0.25, -0.2) is 4.79 Å². The van der Waals surface area contributed by atoms with E-state index in [1.54, 1.807) is 7.05 Å². The molecule has 1 rings (SSSR count). The van der Waals surface area contributed by atoms with Crippen LogP contribution in [0.5, 0.6) is 0 Å². The maximum Gasteiger partial charge on any atom is 0.408 e. The predicted octanol–water partition coefficient (Wildman–Crippen LogP) is 2.04. The molecule has 0 bridgehead atoms. The zero-order valence-corrected chi connectivity index (χ0v) is 20.9. The standard InChI is InChI=1S/C19H39N5O3.HI/c1-15(13-24-8-10-26-11-9-24)12-21-16(20-7)22-14-19(5,6)23-17(25)27-18(2,3)4;/h15H,8-14H2,1-7H3,(H,23,25)(H2,20,21,22);1H. The molecule has 1 aliphatic heterocycles. The van der Waals surface area contributed by atoms with Crippen molar-refractivity contribution in [2.75, 3.05) is 53.0 Å². The molecule has 1 unspecified atom stereocenters. The smallest absolute Gasteiger partial charge is 0.408 e. The Morgan fingerprint density at radius 3 is 2.32 bits per heavy atom. The first-order valence-electron chi connectivity index (χ1n) is 9.76. The molecule has 1 atom stereocenters. The zero-order valence-electron chi connectivity index (χ0n) is 18.6. The summed E-state index contributed by atoms with van der Waals surface area (Å²) in [5.41, 5.74) is -0.985. The number of alkyl carbamates (subject to hydrolysis) is 1. The number of aliphatic imine (C=N–C) groups is 1. The van der Waals surface area contributed by atoms with Crippen molar-refractivity contribution in [2.24, 2.45) is 10.9 Å². The Kier molecular flexibility index (Phi) is 12.3. The molecule has 3 N–H and O–H groups in total. The molecule has 8 nitrogen and oxygen atoms in total. The first-order chi connectivity index (χ1) is 12.5. The zero-order chi connectivity index (χ0) is 20.5. The molecule has 166 valence electrons. The molecule has 0 spiro atoms. The first kappa shape index (κ1) is 27.2. The number of carbonyl (C=O) groups is 1. The monoisotopic (exact) mass is 513 g/mol. The number of amides is 1. The topological polar surface area (TPSA) is 87.2 Å². The van der Waals surface area contributed by atoms with Gasteiger partial charge < -0.3 is 25.4 Å². The van der Waals surface area contributed by atoms with Gasteiger partial charge in [-0.05, 0) is 40.5 Å². The highest BCUT2D eigenvalue weighted by Gasteiger charge is 2.25. The Hall–Kier alpha value is -0.810. The second kappa shape index (κ2) is 12.7. The normalized spacial score (nSPS) is 17.3. The number of morpholine rings is 1. The lowest BCUT2D eigenvalue weighted by Gasteiger charge is -2.30. The van der Waals surface area contributed by atoms with Crippen LogP contribution in [0.4, 0.5) is 4.79 Å². The van der Waals surface area contributed by atoms with E-state index >= 15 is 0 Å². The molecule has 0 aromatic heterocycles. The van der Waals surface area contributed by atoms with Crippen LogP contribution in [0.25, 0.3) is 0 Å². The lowest BCUT2D eigenvalue weighted by atomic mass is 10.1. The van der Waals surface area contributed by atoms with E-state index in [2.05, 4.69) is 32.8 Å². The maximum absolute atomic E-state index is 12.0. The number of halogens is 1. The summed E-state index contributed by atoms with van der Waals surface area (Å²) < 4.78 is 10.7. The Morgan fingerprint density at radius 2 is 1.79 bits per heavy atom. The van der Waals surface area contributed by atoms with Crippen LogP contribution in [0, 0.1) is 5.92 Å². The average molecular weight is 513 g/mol. The van der Waals surface area contributed by atoms with Crippen molar-refractivity contribution in [1.82, 2.24) is 20.9 Å². The van der Waals surface area contributed by atoms with Crippen LogP contribution in [0.1, 0.15) is 41.5 Å². The second-order valence-electron chi connectivity index (χ2n) is 8.84. The Labute approximate surface area is 187 Å². The summed E-state index contributed by atoms with van der Waals surface area (Å²) in [5.74, 6) is 1.22. The molecule has 0 saturated carbocycles. The number of nitrogens with zero attached hydrogens (tertiary/aromatic N) is 2. The Morgan fingerprint density at radius 1 is 1.18 bits per heavy atom. The summed E-state index contributed by atoms with van der Waals surface area (Å²) in [5, 5.41) is 9.52. The molecule has 1 heterocycles. The summed E-state index contributed by atoms with van der Waals surface area (Å²) >= 11 is 0. The molecule has 0 radical (unpaired) electrons. The van der Waals surface area contributed by atoms with Crippen LogP contribution >= 0.6 is 24.0 Å². The molecule has 28 heavy (non-hydrogen) atoms. The van der Waals surface area contributed by atoms with Gasteiger partial charge in [0, 0.05) is 39.8 Å². The van der Waals surface area contributed by atoms with Crippen molar-refractivity contribution in [3.63, 3.8) is 0 Å². The van der Waals surface area contributed by atoms with Crippen molar-refractivity contribution >= 4 is 36.0 Å². The Bertz CT molecular complexity index is 488. The van der Waals surface area contributed by atoms with Crippen molar-refractivity contribution in [3.05, 3.63) is 0 Å². The van der Waals surface area contributed by atoms with Crippen LogP contribution in [-0.4, -0.2) is 81.1 Å². The highest BCUT2D eigenvalue weighted by Crippen LogP contribution is 2.09. The van der Waals surface area contributed by atoms with E-state index in [0.717, 1.165) is 45.4 Å². The predicted molar refractivity (Wildman–Crippen MR) is 125 cm³/mol. The third-order valence-electron chi connectivity index (χ3n) is 4.05. The van der Waals surface area contributed by atoms with Gasteiger partial charge in [-0.3, -0.25) is 9.89 Å². The van der Waals surface area contributed by atoms with Gasteiger partial charge in [-0.1, -0.05) is 6.92 Å². The van der Waals surface area contributed by atoms with E-state index in [1.807, 2.05) is 34.6 Å². The lowest BCUT2D eigenvalue weighted by molar-refractivity contribution is 0.0320. The van der Waals surface area contributed by atoms with E-state index in [4.69, 9.17) is 9.47 Å². The molecule has 1 aliphatic rings. The minimum absolute atomic E-state index is 0. The van der Waals surface area contributed by atoms with Gasteiger partial charge in [0.05, 0.1) is 18.8 Å². The van der Waals surface area contributed by atoms with Crippen molar-refractivity contribution in [1.29, 1.82) is 0 Å². The number of hydrogen-bond acceptors (Lipinski definition) is 5. The van der Waals surface area contributed by atoms with Crippen LogP contribution < -0.4 is 16.0 Å². The summed E-state index contributed by atoms with van der Waals surface area (Å²) in [4.78, 5) is 18.7. The second-order valence-corrected chi connectivity index (χ2v) is 8.84. The SMILES string of the molecule is CN=C(NCC(C)CN1CCOCC1)NCC(C)(C)NC(=O)OC(C)(C)C.I. The summed E-state index contributed by atoms with van der Waals surface area (Å²) in [6.45, 7) is 17.7. The van der Waals surface area contributed by atoms with Gasteiger partial charge in [-0.15, -0.1) is 24.0 Å². The van der Waals surface area contributed by atoms with E-state index < -0.39 is 17.2 Å². The Balaban J connectivity index is 0.00000729. The van der Waals surface area contributed by atoms with E-state index in [1.165, 1.54) is 0 Å². The number of nitrogens with one attached hydrogen (secondary N) is 3. The number of rotatable bonds is 7. The van der Waals surface area contributed by atoms with Crippen LogP contribution in [0.2, 0.25) is 0 Å². The molecular weight excluding hydrogens is 473 g/mol. The molecule has 0 aliphatic carbocycles. The summed E-state index contributed by atoms with van der Waals surface area (Å²) in [7, 11) is 1.75. The summed E-state index contributed by atoms with van der Waals surface area (Å²) in [6, 6.07) is 0. The van der Waals surface area contributed by atoms with E-state index in [-0.39, 0.29) is 24.0 Å². The molecular formula is C19H40IN5O3. The van der Waals surface area contributed by atoms with Gasteiger partial charge in [0.2, 0.25) is 0 Å². The van der Waals surface area contributed by atoms with Crippen LogP contribution in [0.15, 0.2) is 4.99 Å². The molecule has 1 fully saturated rings. The lowest BCUT2D eigenvalue weighted by Crippen LogP contribution is -2.54. The quantitative estimate of drug-likeness (QED) is 0.275. The van der Waals surface area contributed by atoms with Gasteiger partial charge in [0.1, 0.15) is 5.60 Å². The minimum atomic E-state index is -0.512. The molecule has 1 amide bonds. The van der Waals surface area contributed by atoms with Crippen molar-refractivity contribution in [2.45, 2.75) is 52.7 Å². The first-order valence-corrected chi connectivity index (χ1v) is 9.76. The van der Waals surface area contributed by atoms with Gasteiger partial charge in [0.15, 0.2) is 5.96 Å². The highest BCUT2D eigenvalue weighted by atomic mass is 127. The fraction of sp³-hybridized carbons (Fsp3) is 0.895. The highest BCUT2D eigenvalue weighted by molar-refractivity contribution is 14.0. The summed E-state index contributed by atoms with van der Waals surface area (Å²) in [6.07, 6.45) is -0.420. The van der Waals surface area contributed by atoms with Crippen LogP contribution in [-0.2, 0) is 9.47 Å². The molecule has 1 saturated heterocycles. The largest absolute Gasteiger partial charge is 0.444 e. The molecule has 9 heteroatoms. The number of ether oxygens (including phenoxy) is 2. The third-order valence-corrected chi connectivity index (χ3v) is 4.05. The van der Waals surface area contributed by atoms with Gasteiger partial charge >= 0.3 is 6.09 Å². The average Bonchev–Trinajstić information content (AvgIpc) is 2.53. The number of hydrogen-bond donors (Lipinski definition) is 3. The van der Waals surface area contributed by atoms with E-state index in [0.29, 0.717) is 12.5 Å². The molecule has 0 aromatic carbocycles. The van der Waals surface area contributed by atoms with Crippen molar-refractivity contribution < 1.29 is 14.3 Å².